The number of rotatable bonds is 4. The Hall–Kier alpha value is -1.79. The van der Waals surface area contributed by atoms with Crippen LogP contribution in [-0.4, -0.2) is 21.1 Å². The number of imidazole rings is 1. The molecule has 2 N–H and O–H groups in total. The number of hydrogen-bond acceptors (Lipinski definition) is 4. The third-order valence-corrected chi connectivity index (χ3v) is 4.63. The summed E-state index contributed by atoms with van der Waals surface area (Å²) in [6, 6.07) is 5.55. The van der Waals surface area contributed by atoms with Gasteiger partial charge in [-0.2, -0.15) is 0 Å². The van der Waals surface area contributed by atoms with E-state index in [0.29, 0.717) is 18.1 Å². The van der Waals surface area contributed by atoms with Crippen LogP contribution in [0.2, 0.25) is 0 Å². The number of halogens is 1. The van der Waals surface area contributed by atoms with Crippen molar-refractivity contribution in [3.8, 4) is 11.5 Å². The van der Waals surface area contributed by atoms with Gasteiger partial charge in [0.05, 0.1) is 10.5 Å². The van der Waals surface area contributed by atoms with Crippen molar-refractivity contribution in [2.24, 2.45) is 5.73 Å². The molecule has 0 radical (unpaired) electrons. The van der Waals surface area contributed by atoms with Gasteiger partial charge in [0, 0.05) is 17.8 Å². The minimum Gasteiger partial charge on any atom is -0.330 e. The average molecular weight is 302 g/mol. The summed E-state index contributed by atoms with van der Waals surface area (Å²) in [5.41, 5.74) is 7.70. The second-order valence-electron chi connectivity index (χ2n) is 5.31. The third kappa shape index (κ3) is 2.15. The molecule has 0 spiro atoms. The molecule has 0 saturated heterocycles. The maximum atomic E-state index is 14.0. The Balaban J connectivity index is 1.90. The number of hydrogen-bond donors (Lipinski definition) is 1. The maximum Gasteiger partial charge on any atom is 0.161 e. The normalized spacial score (nSPS) is 15.0. The Kier molecular flexibility index (Phi) is 3.01. The predicted molar refractivity (Wildman–Crippen MR) is 81.8 cm³/mol. The van der Waals surface area contributed by atoms with Crippen molar-refractivity contribution in [2.45, 2.75) is 25.3 Å². The summed E-state index contributed by atoms with van der Waals surface area (Å²) >= 11 is 1.59. The zero-order chi connectivity index (χ0) is 14.4. The van der Waals surface area contributed by atoms with Gasteiger partial charge in [0.25, 0.3) is 0 Å². The molecule has 1 saturated carbocycles. The molecular formula is C15H15FN4S. The average Bonchev–Trinajstić information content (AvgIpc) is 3.07. The molecule has 1 aliphatic rings. The molecule has 4 rings (SSSR count). The highest BCUT2D eigenvalue weighted by atomic mass is 32.1. The molecule has 0 amide bonds. The fourth-order valence-electron chi connectivity index (χ4n) is 2.62. The first-order valence-electron chi connectivity index (χ1n) is 7.09. The van der Waals surface area contributed by atoms with E-state index in [-0.39, 0.29) is 5.82 Å². The minimum atomic E-state index is -0.273. The Morgan fingerprint density at radius 3 is 2.95 bits per heavy atom. The molecule has 1 fully saturated rings. The van der Waals surface area contributed by atoms with E-state index in [1.54, 1.807) is 17.4 Å². The molecule has 0 aliphatic heterocycles. The standard InChI is InChI=1S/C15H15FN4S/c16-10-2-1-3-12-14(10)19-15(20(12)9-4-5-9)11-8-21-13(18-11)6-7-17/h1-3,8-9H,4-7,17H2. The Morgan fingerprint density at radius 2 is 2.19 bits per heavy atom. The molecular weight excluding hydrogens is 287 g/mol. The first kappa shape index (κ1) is 12.9. The monoisotopic (exact) mass is 302 g/mol. The third-order valence-electron chi connectivity index (χ3n) is 3.72. The number of thiazole rings is 1. The van der Waals surface area contributed by atoms with Crippen molar-refractivity contribution in [1.29, 1.82) is 0 Å². The van der Waals surface area contributed by atoms with Gasteiger partial charge in [0.2, 0.25) is 0 Å². The minimum absolute atomic E-state index is 0.273. The molecule has 4 nitrogen and oxygen atoms in total. The molecule has 2 heterocycles. The Morgan fingerprint density at radius 1 is 1.33 bits per heavy atom. The highest BCUT2D eigenvalue weighted by molar-refractivity contribution is 7.09. The van der Waals surface area contributed by atoms with Gasteiger partial charge in [-0.25, -0.2) is 14.4 Å². The van der Waals surface area contributed by atoms with Crippen molar-refractivity contribution in [3.63, 3.8) is 0 Å². The van der Waals surface area contributed by atoms with Crippen LogP contribution in [0.4, 0.5) is 4.39 Å². The molecule has 21 heavy (non-hydrogen) atoms. The van der Waals surface area contributed by atoms with Gasteiger partial charge >= 0.3 is 0 Å². The summed E-state index contributed by atoms with van der Waals surface area (Å²) in [4.78, 5) is 9.12. The van der Waals surface area contributed by atoms with Gasteiger partial charge in [-0.3, -0.25) is 0 Å². The van der Waals surface area contributed by atoms with Gasteiger partial charge in [0.1, 0.15) is 11.2 Å². The fraction of sp³-hybridized carbons (Fsp3) is 0.333. The maximum absolute atomic E-state index is 14.0. The zero-order valence-electron chi connectivity index (χ0n) is 11.4. The molecule has 3 aromatic rings. The second kappa shape index (κ2) is 4.89. The van der Waals surface area contributed by atoms with E-state index in [1.165, 1.54) is 6.07 Å². The number of aromatic nitrogens is 3. The van der Waals surface area contributed by atoms with Crippen LogP contribution < -0.4 is 5.73 Å². The lowest BCUT2D eigenvalue weighted by Crippen LogP contribution is -2.02. The van der Waals surface area contributed by atoms with Gasteiger partial charge < -0.3 is 10.3 Å². The summed E-state index contributed by atoms with van der Waals surface area (Å²) in [6.07, 6.45) is 3.01. The van der Waals surface area contributed by atoms with E-state index in [9.17, 15) is 4.39 Å². The molecule has 0 bridgehead atoms. The second-order valence-corrected chi connectivity index (χ2v) is 6.25. The van der Waals surface area contributed by atoms with Gasteiger partial charge in [0.15, 0.2) is 11.6 Å². The van der Waals surface area contributed by atoms with Crippen LogP contribution in [-0.2, 0) is 6.42 Å². The molecule has 2 aromatic heterocycles. The highest BCUT2D eigenvalue weighted by Crippen LogP contribution is 2.41. The zero-order valence-corrected chi connectivity index (χ0v) is 12.2. The Bertz CT molecular complexity index is 803. The SMILES string of the molecule is NCCc1nc(-c2nc3c(F)cccc3n2C2CC2)cs1. The number of benzene rings is 1. The van der Waals surface area contributed by atoms with E-state index in [1.807, 2.05) is 11.4 Å². The first-order valence-corrected chi connectivity index (χ1v) is 7.97. The van der Waals surface area contributed by atoms with Crippen molar-refractivity contribution in [1.82, 2.24) is 14.5 Å². The molecule has 6 heteroatoms. The number of para-hydroxylation sites is 1. The van der Waals surface area contributed by atoms with Crippen molar-refractivity contribution in [2.75, 3.05) is 6.54 Å². The number of nitrogens with two attached hydrogens (primary N) is 1. The topological polar surface area (TPSA) is 56.7 Å². The van der Waals surface area contributed by atoms with Crippen LogP contribution in [0.5, 0.6) is 0 Å². The Labute approximate surface area is 125 Å². The van der Waals surface area contributed by atoms with Crippen molar-refractivity contribution >= 4 is 22.4 Å². The summed E-state index contributed by atoms with van der Waals surface area (Å²) in [7, 11) is 0. The largest absolute Gasteiger partial charge is 0.330 e. The number of fused-ring (bicyclic) bond motifs is 1. The number of nitrogens with zero attached hydrogens (tertiary/aromatic N) is 3. The first-order chi connectivity index (χ1) is 10.3. The van der Waals surface area contributed by atoms with Crippen molar-refractivity contribution in [3.05, 3.63) is 34.4 Å². The lowest BCUT2D eigenvalue weighted by molar-refractivity contribution is 0.637. The van der Waals surface area contributed by atoms with Crippen LogP contribution >= 0.6 is 11.3 Å². The van der Waals surface area contributed by atoms with Gasteiger partial charge in [-0.15, -0.1) is 11.3 Å². The molecule has 0 unspecified atom stereocenters. The summed E-state index contributed by atoms with van der Waals surface area (Å²) in [5.74, 6) is 0.502. The van der Waals surface area contributed by atoms with E-state index in [0.717, 1.165) is 41.3 Å². The van der Waals surface area contributed by atoms with Gasteiger partial charge in [-0.05, 0) is 31.5 Å². The van der Waals surface area contributed by atoms with E-state index >= 15 is 0 Å². The van der Waals surface area contributed by atoms with Crippen LogP contribution in [0.1, 0.15) is 23.9 Å². The quantitative estimate of drug-likeness (QED) is 0.805. The molecule has 0 atom stereocenters. The van der Waals surface area contributed by atoms with Crippen LogP contribution in [0.3, 0.4) is 0 Å². The lowest BCUT2D eigenvalue weighted by atomic mass is 10.3. The predicted octanol–water partition coefficient (Wildman–Crippen LogP) is 3.14. The van der Waals surface area contributed by atoms with Crippen molar-refractivity contribution < 1.29 is 4.39 Å². The summed E-state index contributed by atoms with van der Waals surface area (Å²) in [6.45, 7) is 0.584. The smallest absolute Gasteiger partial charge is 0.161 e. The lowest BCUT2D eigenvalue weighted by Gasteiger charge is -2.05. The van der Waals surface area contributed by atoms with Crippen LogP contribution in [0, 0.1) is 5.82 Å². The van der Waals surface area contributed by atoms with E-state index in [4.69, 9.17) is 5.73 Å². The van der Waals surface area contributed by atoms with Crippen LogP contribution in [0.25, 0.3) is 22.6 Å². The summed E-state index contributed by atoms with van der Waals surface area (Å²) in [5, 5.41) is 2.99. The van der Waals surface area contributed by atoms with Gasteiger partial charge in [-0.1, -0.05) is 6.07 Å². The van der Waals surface area contributed by atoms with Crippen LogP contribution in [0.15, 0.2) is 23.6 Å². The molecule has 1 aromatic carbocycles. The molecule has 1 aliphatic carbocycles. The summed E-state index contributed by atoms with van der Waals surface area (Å²) < 4.78 is 16.1. The fourth-order valence-corrected chi connectivity index (χ4v) is 3.41. The highest BCUT2D eigenvalue weighted by Gasteiger charge is 2.30. The molecule has 108 valence electrons. The van der Waals surface area contributed by atoms with E-state index < -0.39 is 0 Å². The van der Waals surface area contributed by atoms with E-state index in [2.05, 4.69) is 14.5 Å².